The van der Waals surface area contributed by atoms with E-state index >= 15 is 0 Å². The van der Waals surface area contributed by atoms with Gasteiger partial charge in [-0.2, -0.15) is 0 Å². The number of carbonyl (C=O) groups excluding carboxylic acids is 1. The van der Waals surface area contributed by atoms with Gasteiger partial charge in [0.15, 0.2) is 0 Å². The smallest absolute Gasteiger partial charge is 0.429 e. The molecule has 5 nitrogen and oxygen atoms in total. The molecule has 0 saturated heterocycles. The highest BCUT2D eigenvalue weighted by Crippen LogP contribution is 2.23. The molecule has 1 aromatic carbocycles. The van der Waals surface area contributed by atoms with E-state index in [0.717, 1.165) is 24.4 Å². The molecule has 0 atom stereocenters. The van der Waals surface area contributed by atoms with Crippen molar-refractivity contribution in [3.8, 4) is 5.75 Å². The minimum absolute atomic E-state index is 0.338. The highest BCUT2D eigenvalue weighted by molar-refractivity contribution is 5.71. The number of methoxy groups -OCH3 is 1. The Balaban J connectivity index is 2.22. The molecule has 0 bridgehead atoms. The van der Waals surface area contributed by atoms with Crippen molar-refractivity contribution < 1.29 is 14.3 Å². The number of hydrogen-bond acceptors (Lipinski definition) is 4. The lowest BCUT2D eigenvalue weighted by molar-refractivity contribution is 0.0251. The van der Waals surface area contributed by atoms with Gasteiger partial charge in [-0.05, 0) is 51.5 Å². The Morgan fingerprint density at radius 3 is 2.41 bits per heavy atom. The van der Waals surface area contributed by atoms with E-state index in [-0.39, 0.29) is 6.09 Å². The van der Waals surface area contributed by atoms with Gasteiger partial charge in [0.2, 0.25) is 0 Å². The zero-order chi connectivity index (χ0) is 16.2. The van der Waals surface area contributed by atoms with Crippen LogP contribution in [0.4, 0.5) is 10.5 Å². The summed E-state index contributed by atoms with van der Waals surface area (Å²) in [5.41, 5.74) is 0.425. The molecule has 1 aliphatic rings. The topological polar surface area (TPSA) is 42.0 Å². The lowest BCUT2D eigenvalue weighted by Crippen LogP contribution is -2.48. The molecule has 2 rings (SSSR count). The standard InChI is InChI=1S/C17H24N2O3/c1-17(2,3)22-16(20)19-13-7-5-6-12-18(19)14-8-10-15(21-4)11-9-14/h5,7-11H,6,12-13H2,1-4H3. The fourth-order valence-electron chi connectivity index (χ4n) is 2.22. The minimum Gasteiger partial charge on any atom is -0.497 e. The third-order valence-electron chi connectivity index (χ3n) is 3.22. The first-order valence-corrected chi connectivity index (χ1v) is 7.48. The normalized spacial score (nSPS) is 15.5. The fraction of sp³-hybridized carbons (Fsp3) is 0.471. The Morgan fingerprint density at radius 1 is 1.14 bits per heavy atom. The molecular weight excluding hydrogens is 280 g/mol. The van der Waals surface area contributed by atoms with Crippen LogP contribution in [0.3, 0.4) is 0 Å². The van der Waals surface area contributed by atoms with E-state index in [0.29, 0.717) is 6.54 Å². The second-order valence-electron chi connectivity index (χ2n) is 6.14. The number of anilines is 1. The molecule has 22 heavy (non-hydrogen) atoms. The molecule has 0 unspecified atom stereocenters. The monoisotopic (exact) mass is 304 g/mol. The Morgan fingerprint density at radius 2 is 1.82 bits per heavy atom. The average Bonchev–Trinajstić information content (AvgIpc) is 2.71. The quantitative estimate of drug-likeness (QED) is 0.783. The van der Waals surface area contributed by atoms with E-state index in [1.54, 1.807) is 12.1 Å². The largest absolute Gasteiger partial charge is 0.497 e. The Bertz CT molecular complexity index is 532. The van der Waals surface area contributed by atoms with Gasteiger partial charge in [0.25, 0.3) is 0 Å². The van der Waals surface area contributed by atoms with E-state index < -0.39 is 5.60 Å². The van der Waals surface area contributed by atoms with Crippen molar-refractivity contribution in [2.24, 2.45) is 0 Å². The summed E-state index contributed by atoms with van der Waals surface area (Å²) in [6.45, 7) is 6.84. The van der Waals surface area contributed by atoms with Gasteiger partial charge >= 0.3 is 6.09 Å². The molecule has 0 aliphatic carbocycles. The second-order valence-corrected chi connectivity index (χ2v) is 6.14. The number of hydrazine groups is 1. The highest BCUT2D eigenvalue weighted by atomic mass is 16.6. The van der Waals surface area contributed by atoms with Gasteiger partial charge in [-0.15, -0.1) is 0 Å². The molecule has 1 aromatic rings. The highest BCUT2D eigenvalue weighted by Gasteiger charge is 2.27. The van der Waals surface area contributed by atoms with Crippen LogP contribution in [0.2, 0.25) is 0 Å². The number of hydrogen-bond donors (Lipinski definition) is 0. The van der Waals surface area contributed by atoms with Gasteiger partial charge in [-0.1, -0.05) is 12.2 Å². The second kappa shape index (κ2) is 6.73. The molecule has 0 radical (unpaired) electrons. The predicted molar refractivity (Wildman–Crippen MR) is 87.0 cm³/mol. The number of amides is 1. The maximum atomic E-state index is 12.5. The maximum absolute atomic E-state index is 12.5. The van der Waals surface area contributed by atoms with Crippen LogP contribution in [0.5, 0.6) is 5.75 Å². The summed E-state index contributed by atoms with van der Waals surface area (Å²) in [7, 11) is 1.64. The van der Waals surface area contributed by atoms with E-state index in [2.05, 4.69) is 6.08 Å². The van der Waals surface area contributed by atoms with Crippen molar-refractivity contribution in [1.29, 1.82) is 0 Å². The zero-order valence-corrected chi connectivity index (χ0v) is 13.7. The van der Waals surface area contributed by atoms with Crippen molar-refractivity contribution in [3.63, 3.8) is 0 Å². The summed E-state index contributed by atoms with van der Waals surface area (Å²) in [6.07, 6.45) is 4.62. The van der Waals surface area contributed by atoms with Gasteiger partial charge in [0.05, 0.1) is 19.3 Å². The van der Waals surface area contributed by atoms with Crippen molar-refractivity contribution in [3.05, 3.63) is 36.4 Å². The van der Waals surface area contributed by atoms with Crippen molar-refractivity contribution in [1.82, 2.24) is 5.01 Å². The molecule has 0 fully saturated rings. The third kappa shape index (κ3) is 4.16. The average molecular weight is 304 g/mol. The molecule has 5 heteroatoms. The molecule has 0 N–H and O–H groups in total. The third-order valence-corrected chi connectivity index (χ3v) is 3.22. The van der Waals surface area contributed by atoms with Crippen LogP contribution in [-0.2, 0) is 4.74 Å². The summed E-state index contributed by atoms with van der Waals surface area (Å²) in [6, 6.07) is 7.67. The first-order valence-electron chi connectivity index (χ1n) is 7.48. The molecule has 0 saturated carbocycles. The number of benzene rings is 1. The first-order chi connectivity index (χ1) is 10.4. The van der Waals surface area contributed by atoms with Crippen LogP contribution < -0.4 is 9.75 Å². The fourth-order valence-corrected chi connectivity index (χ4v) is 2.22. The van der Waals surface area contributed by atoms with E-state index in [9.17, 15) is 4.79 Å². The van der Waals surface area contributed by atoms with Crippen molar-refractivity contribution >= 4 is 11.8 Å². The Labute approximate surface area is 132 Å². The number of carbonyl (C=O) groups is 1. The van der Waals surface area contributed by atoms with E-state index in [1.807, 2.05) is 56.1 Å². The predicted octanol–water partition coefficient (Wildman–Crippen LogP) is 3.61. The Hall–Kier alpha value is -2.17. The summed E-state index contributed by atoms with van der Waals surface area (Å²) in [5.74, 6) is 0.792. The lowest BCUT2D eigenvalue weighted by Gasteiger charge is -2.36. The van der Waals surface area contributed by atoms with E-state index in [4.69, 9.17) is 9.47 Å². The van der Waals surface area contributed by atoms with Gasteiger partial charge in [0, 0.05) is 6.54 Å². The summed E-state index contributed by atoms with van der Waals surface area (Å²) in [5, 5.41) is 3.59. The summed E-state index contributed by atoms with van der Waals surface area (Å²) < 4.78 is 10.7. The minimum atomic E-state index is -0.515. The van der Waals surface area contributed by atoms with Crippen molar-refractivity contribution in [2.45, 2.75) is 32.8 Å². The van der Waals surface area contributed by atoms with E-state index in [1.165, 1.54) is 0 Å². The first kappa shape index (κ1) is 16.2. The molecule has 0 spiro atoms. The molecule has 120 valence electrons. The summed E-state index contributed by atoms with van der Waals surface area (Å²) >= 11 is 0. The Kier molecular flexibility index (Phi) is 4.96. The van der Waals surface area contributed by atoms with Crippen LogP contribution >= 0.6 is 0 Å². The van der Waals surface area contributed by atoms with Gasteiger partial charge in [-0.3, -0.25) is 5.01 Å². The molecule has 1 aliphatic heterocycles. The van der Waals surface area contributed by atoms with Crippen LogP contribution in [0, 0.1) is 0 Å². The van der Waals surface area contributed by atoms with Crippen LogP contribution in [0.15, 0.2) is 36.4 Å². The van der Waals surface area contributed by atoms with Crippen LogP contribution in [-0.4, -0.2) is 36.9 Å². The molecular formula is C17H24N2O3. The SMILES string of the molecule is COc1ccc(N2CCC=CCN2C(=O)OC(C)(C)C)cc1. The van der Waals surface area contributed by atoms with Gasteiger partial charge in [-0.25, -0.2) is 9.80 Å². The lowest BCUT2D eigenvalue weighted by atomic mass is 10.2. The summed E-state index contributed by atoms with van der Waals surface area (Å²) in [4.78, 5) is 12.5. The van der Waals surface area contributed by atoms with Gasteiger partial charge < -0.3 is 9.47 Å². The number of nitrogens with zero attached hydrogens (tertiary/aromatic N) is 2. The number of rotatable bonds is 2. The maximum Gasteiger partial charge on any atom is 0.429 e. The van der Waals surface area contributed by atoms with Gasteiger partial charge in [0.1, 0.15) is 11.4 Å². The number of ether oxygens (including phenoxy) is 2. The molecule has 1 amide bonds. The van der Waals surface area contributed by atoms with Crippen LogP contribution in [0.1, 0.15) is 27.2 Å². The van der Waals surface area contributed by atoms with Crippen LogP contribution in [0.25, 0.3) is 0 Å². The molecule has 1 heterocycles. The van der Waals surface area contributed by atoms with Crippen molar-refractivity contribution in [2.75, 3.05) is 25.2 Å². The molecule has 0 aromatic heterocycles. The zero-order valence-electron chi connectivity index (χ0n) is 13.7.